The van der Waals surface area contributed by atoms with E-state index in [-0.39, 0.29) is 5.60 Å². The minimum absolute atomic E-state index is 0.0921. The lowest BCUT2D eigenvalue weighted by atomic mass is 9.76. The Labute approximate surface area is 116 Å². The summed E-state index contributed by atoms with van der Waals surface area (Å²) in [5.74, 6) is 0.681. The van der Waals surface area contributed by atoms with E-state index in [0.717, 1.165) is 45.7 Å². The van der Waals surface area contributed by atoms with E-state index in [9.17, 15) is 0 Å². The molecule has 19 heavy (non-hydrogen) atoms. The van der Waals surface area contributed by atoms with Crippen molar-refractivity contribution in [3.05, 3.63) is 0 Å². The van der Waals surface area contributed by atoms with Gasteiger partial charge in [-0.1, -0.05) is 0 Å². The third-order valence-corrected chi connectivity index (χ3v) is 5.14. The Balaban J connectivity index is 1.65. The first-order chi connectivity index (χ1) is 9.33. The second kappa shape index (κ2) is 6.08. The van der Waals surface area contributed by atoms with Crippen LogP contribution >= 0.6 is 0 Å². The minimum atomic E-state index is 0.0921. The average Bonchev–Trinajstić information content (AvgIpc) is 2.95. The van der Waals surface area contributed by atoms with Crippen molar-refractivity contribution in [2.75, 3.05) is 33.5 Å². The minimum Gasteiger partial charge on any atom is -0.381 e. The van der Waals surface area contributed by atoms with E-state index in [2.05, 4.69) is 12.4 Å². The molecule has 0 aliphatic carbocycles. The second-order valence-corrected chi connectivity index (χ2v) is 6.26. The fourth-order valence-electron chi connectivity index (χ4n) is 4.07. The van der Waals surface area contributed by atoms with E-state index in [1.54, 1.807) is 0 Å². The molecule has 3 aliphatic heterocycles. The monoisotopic (exact) mass is 269 g/mol. The highest BCUT2D eigenvalue weighted by molar-refractivity contribution is 4.95. The Morgan fingerprint density at radius 1 is 1.11 bits per heavy atom. The molecule has 110 valence electrons. The zero-order valence-corrected chi connectivity index (χ0v) is 12.0. The van der Waals surface area contributed by atoms with Crippen LogP contribution < -0.4 is 5.32 Å². The van der Waals surface area contributed by atoms with Crippen LogP contribution in [0.2, 0.25) is 0 Å². The number of ether oxygens (including phenoxy) is 3. The number of likely N-dealkylation sites (N-methyl/N-ethyl adjacent to an activating group) is 1. The summed E-state index contributed by atoms with van der Waals surface area (Å²) in [6.45, 7) is 3.55. The smallest absolute Gasteiger partial charge is 0.0731 e. The molecule has 0 aromatic rings. The molecule has 4 nitrogen and oxygen atoms in total. The van der Waals surface area contributed by atoms with Crippen LogP contribution in [0.15, 0.2) is 0 Å². The van der Waals surface area contributed by atoms with E-state index in [1.165, 1.54) is 19.3 Å². The third kappa shape index (κ3) is 2.97. The Hall–Kier alpha value is -0.160. The summed E-state index contributed by atoms with van der Waals surface area (Å²) in [7, 11) is 2.08. The van der Waals surface area contributed by atoms with E-state index in [0.29, 0.717) is 18.1 Å². The van der Waals surface area contributed by atoms with Crippen LogP contribution in [0.1, 0.15) is 38.5 Å². The standard InChI is InChI=1S/C15H27NO3/c1-16-14(13-3-2-7-18-13)12-4-8-19-15(11-12)5-9-17-10-6-15/h12-14,16H,2-11H2,1H3. The molecule has 3 heterocycles. The lowest BCUT2D eigenvalue weighted by Gasteiger charge is -2.46. The van der Waals surface area contributed by atoms with E-state index in [1.807, 2.05) is 0 Å². The van der Waals surface area contributed by atoms with Gasteiger partial charge in [0.05, 0.1) is 11.7 Å². The second-order valence-electron chi connectivity index (χ2n) is 6.26. The van der Waals surface area contributed by atoms with Gasteiger partial charge in [-0.25, -0.2) is 0 Å². The third-order valence-electron chi connectivity index (χ3n) is 5.14. The van der Waals surface area contributed by atoms with Crippen LogP contribution in [0.25, 0.3) is 0 Å². The molecule has 0 saturated carbocycles. The molecule has 3 saturated heterocycles. The maximum atomic E-state index is 6.15. The molecular formula is C15H27NO3. The molecule has 3 rings (SSSR count). The van der Waals surface area contributed by atoms with Gasteiger partial charge in [0.15, 0.2) is 0 Å². The molecule has 3 unspecified atom stereocenters. The number of rotatable bonds is 3. The van der Waals surface area contributed by atoms with Crippen molar-refractivity contribution < 1.29 is 14.2 Å². The molecule has 1 N–H and O–H groups in total. The van der Waals surface area contributed by atoms with Gasteiger partial charge in [-0.05, 0) is 51.5 Å². The maximum absolute atomic E-state index is 6.15. The molecule has 0 aromatic carbocycles. The number of hydrogen-bond acceptors (Lipinski definition) is 4. The topological polar surface area (TPSA) is 39.7 Å². The zero-order chi connectivity index (χ0) is 13.1. The molecule has 0 amide bonds. The van der Waals surface area contributed by atoms with Gasteiger partial charge in [-0.3, -0.25) is 0 Å². The first-order valence-corrected chi connectivity index (χ1v) is 7.84. The van der Waals surface area contributed by atoms with Gasteiger partial charge in [0.1, 0.15) is 0 Å². The van der Waals surface area contributed by atoms with Crippen LogP contribution in [-0.4, -0.2) is 51.2 Å². The molecule has 0 radical (unpaired) electrons. The summed E-state index contributed by atoms with van der Waals surface area (Å²) < 4.78 is 17.6. The number of hydrogen-bond donors (Lipinski definition) is 1. The van der Waals surface area contributed by atoms with E-state index in [4.69, 9.17) is 14.2 Å². The highest BCUT2D eigenvalue weighted by Crippen LogP contribution is 2.39. The highest BCUT2D eigenvalue weighted by Gasteiger charge is 2.43. The lowest BCUT2D eigenvalue weighted by Crippen LogP contribution is -2.52. The van der Waals surface area contributed by atoms with Crippen molar-refractivity contribution in [3.63, 3.8) is 0 Å². The highest BCUT2D eigenvalue weighted by atomic mass is 16.5. The molecule has 3 atom stereocenters. The first-order valence-electron chi connectivity index (χ1n) is 7.84. The summed E-state index contributed by atoms with van der Waals surface area (Å²) in [5, 5.41) is 3.52. The van der Waals surface area contributed by atoms with Gasteiger partial charge in [0.25, 0.3) is 0 Å². The Morgan fingerprint density at radius 3 is 2.63 bits per heavy atom. The van der Waals surface area contributed by atoms with Gasteiger partial charge in [0, 0.05) is 32.5 Å². The van der Waals surface area contributed by atoms with Gasteiger partial charge < -0.3 is 19.5 Å². The fraction of sp³-hybridized carbons (Fsp3) is 1.00. The van der Waals surface area contributed by atoms with Crippen molar-refractivity contribution in [2.24, 2.45) is 5.92 Å². The summed E-state index contributed by atoms with van der Waals surface area (Å²) in [6.07, 6.45) is 7.28. The Morgan fingerprint density at radius 2 is 1.95 bits per heavy atom. The largest absolute Gasteiger partial charge is 0.381 e. The van der Waals surface area contributed by atoms with Crippen molar-refractivity contribution >= 4 is 0 Å². The average molecular weight is 269 g/mol. The summed E-state index contributed by atoms with van der Waals surface area (Å²) >= 11 is 0. The zero-order valence-electron chi connectivity index (χ0n) is 12.0. The van der Waals surface area contributed by atoms with Crippen LogP contribution in [-0.2, 0) is 14.2 Å². The van der Waals surface area contributed by atoms with Crippen molar-refractivity contribution in [2.45, 2.75) is 56.3 Å². The van der Waals surface area contributed by atoms with E-state index < -0.39 is 0 Å². The molecule has 1 spiro atoms. The normalized spacial score (nSPS) is 36.5. The summed E-state index contributed by atoms with van der Waals surface area (Å²) in [5.41, 5.74) is 0.0921. The van der Waals surface area contributed by atoms with Gasteiger partial charge in [-0.2, -0.15) is 0 Å². The Kier molecular flexibility index (Phi) is 4.42. The molecule has 3 aliphatic rings. The van der Waals surface area contributed by atoms with Gasteiger partial charge >= 0.3 is 0 Å². The molecule has 4 heteroatoms. The van der Waals surface area contributed by atoms with Gasteiger partial charge in [-0.15, -0.1) is 0 Å². The van der Waals surface area contributed by atoms with Crippen LogP contribution in [0.3, 0.4) is 0 Å². The van der Waals surface area contributed by atoms with E-state index >= 15 is 0 Å². The number of nitrogens with one attached hydrogen (secondary N) is 1. The van der Waals surface area contributed by atoms with Crippen molar-refractivity contribution in [1.82, 2.24) is 5.32 Å². The van der Waals surface area contributed by atoms with Crippen LogP contribution in [0.5, 0.6) is 0 Å². The predicted octanol–water partition coefficient (Wildman–Crippen LogP) is 1.73. The summed E-state index contributed by atoms with van der Waals surface area (Å²) in [4.78, 5) is 0. The lowest BCUT2D eigenvalue weighted by molar-refractivity contribution is -0.153. The quantitative estimate of drug-likeness (QED) is 0.847. The van der Waals surface area contributed by atoms with Crippen molar-refractivity contribution in [3.8, 4) is 0 Å². The maximum Gasteiger partial charge on any atom is 0.0731 e. The van der Waals surface area contributed by atoms with Crippen LogP contribution in [0, 0.1) is 5.92 Å². The molecular weight excluding hydrogens is 242 g/mol. The Bertz CT molecular complexity index is 280. The SMILES string of the molecule is CNC(C1CCOC2(CCOCC2)C1)C1CCCO1. The van der Waals surface area contributed by atoms with Crippen molar-refractivity contribution in [1.29, 1.82) is 0 Å². The molecule has 0 bridgehead atoms. The predicted molar refractivity (Wildman–Crippen MR) is 73.3 cm³/mol. The first kappa shape index (κ1) is 13.8. The molecule has 3 fully saturated rings. The van der Waals surface area contributed by atoms with Gasteiger partial charge in [0.2, 0.25) is 0 Å². The summed E-state index contributed by atoms with van der Waals surface area (Å²) in [6, 6.07) is 0.492. The van der Waals surface area contributed by atoms with Crippen LogP contribution in [0.4, 0.5) is 0 Å². The fourth-order valence-corrected chi connectivity index (χ4v) is 4.07. The molecule has 0 aromatic heterocycles.